The number of amides is 1. The van der Waals surface area contributed by atoms with Gasteiger partial charge >= 0.3 is 6.18 Å². The molecule has 34 heavy (non-hydrogen) atoms. The maximum Gasteiger partial charge on any atom is 0.416 e. The Morgan fingerprint density at radius 2 is 1.85 bits per heavy atom. The summed E-state index contributed by atoms with van der Waals surface area (Å²) in [6.45, 7) is 2.44. The van der Waals surface area contributed by atoms with Crippen molar-refractivity contribution in [3.05, 3.63) is 65.0 Å². The molecule has 1 N–H and O–H groups in total. The fourth-order valence-electron chi connectivity index (χ4n) is 5.89. The fourth-order valence-corrected chi connectivity index (χ4v) is 5.89. The average Bonchev–Trinajstić information content (AvgIpc) is 3.36. The lowest BCUT2D eigenvalue weighted by Crippen LogP contribution is -2.62. The SMILES string of the molecule is O=C(NCc1cccc(F)c1)[C@H]1Cc2cc(C(F)(F)F)ccc2N2CCN(C3CCCC3)C[C@@H]12. The molecule has 2 aromatic rings. The van der Waals surface area contributed by atoms with Crippen molar-refractivity contribution < 1.29 is 22.4 Å². The lowest BCUT2D eigenvalue weighted by Gasteiger charge is -2.50. The Hall–Kier alpha value is -2.61. The largest absolute Gasteiger partial charge is 0.416 e. The van der Waals surface area contributed by atoms with E-state index < -0.39 is 17.7 Å². The minimum Gasteiger partial charge on any atom is -0.365 e. The number of benzene rings is 2. The second kappa shape index (κ2) is 9.21. The quantitative estimate of drug-likeness (QED) is 0.648. The number of halogens is 4. The zero-order valence-electron chi connectivity index (χ0n) is 19.0. The van der Waals surface area contributed by atoms with E-state index in [0.717, 1.165) is 37.7 Å². The molecule has 0 radical (unpaired) electrons. The number of nitrogens with one attached hydrogen (secondary N) is 1. The summed E-state index contributed by atoms with van der Waals surface area (Å²) in [6.07, 6.45) is 0.589. The normalized spacial score (nSPS) is 23.5. The maximum absolute atomic E-state index is 13.5. The number of carbonyl (C=O) groups is 1. The van der Waals surface area contributed by atoms with Crippen molar-refractivity contribution in [1.82, 2.24) is 10.2 Å². The van der Waals surface area contributed by atoms with Gasteiger partial charge in [0.2, 0.25) is 5.91 Å². The number of nitrogens with zero attached hydrogens (tertiary/aromatic N) is 2. The molecule has 4 nitrogen and oxygen atoms in total. The molecule has 0 spiro atoms. The first kappa shape index (κ1) is 23.1. The van der Waals surface area contributed by atoms with Crippen LogP contribution in [0.4, 0.5) is 23.2 Å². The molecule has 1 amide bonds. The molecule has 0 bridgehead atoms. The van der Waals surface area contributed by atoms with Crippen LogP contribution in [0.5, 0.6) is 0 Å². The van der Waals surface area contributed by atoms with Crippen LogP contribution in [0.2, 0.25) is 0 Å². The van der Waals surface area contributed by atoms with Crippen LogP contribution in [0.25, 0.3) is 0 Å². The van der Waals surface area contributed by atoms with E-state index >= 15 is 0 Å². The summed E-state index contributed by atoms with van der Waals surface area (Å²) in [4.78, 5) is 18.0. The number of rotatable bonds is 4. The summed E-state index contributed by atoms with van der Waals surface area (Å²) in [5.41, 5.74) is 1.33. The number of carbonyl (C=O) groups excluding carboxylic acids is 1. The van der Waals surface area contributed by atoms with Crippen molar-refractivity contribution in [2.75, 3.05) is 24.5 Å². The number of hydrogen-bond donors (Lipinski definition) is 1. The zero-order valence-corrected chi connectivity index (χ0v) is 19.0. The molecule has 3 aliphatic rings. The molecule has 5 rings (SSSR count). The monoisotopic (exact) mass is 475 g/mol. The molecule has 182 valence electrons. The van der Waals surface area contributed by atoms with E-state index in [2.05, 4.69) is 15.1 Å². The van der Waals surface area contributed by atoms with Gasteiger partial charge < -0.3 is 10.2 Å². The van der Waals surface area contributed by atoms with Crippen molar-refractivity contribution >= 4 is 11.6 Å². The second-order valence-corrected chi connectivity index (χ2v) is 9.69. The summed E-state index contributed by atoms with van der Waals surface area (Å²) in [7, 11) is 0. The third-order valence-electron chi connectivity index (χ3n) is 7.60. The van der Waals surface area contributed by atoms with E-state index in [1.807, 2.05) is 0 Å². The van der Waals surface area contributed by atoms with Crippen molar-refractivity contribution in [3.63, 3.8) is 0 Å². The number of fused-ring (bicyclic) bond motifs is 3. The van der Waals surface area contributed by atoms with Gasteiger partial charge in [0.05, 0.1) is 17.5 Å². The van der Waals surface area contributed by atoms with Gasteiger partial charge in [-0.05, 0) is 60.7 Å². The highest BCUT2D eigenvalue weighted by Gasteiger charge is 2.43. The molecular weight excluding hydrogens is 446 g/mol. The first-order valence-corrected chi connectivity index (χ1v) is 12.0. The van der Waals surface area contributed by atoms with Crippen molar-refractivity contribution in [2.45, 2.75) is 56.9 Å². The van der Waals surface area contributed by atoms with E-state index in [9.17, 15) is 22.4 Å². The van der Waals surface area contributed by atoms with Gasteiger partial charge in [0, 0.05) is 37.9 Å². The molecule has 2 aliphatic heterocycles. The van der Waals surface area contributed by atoms with Crippen molar-refractivity contribution in [3.8, 4) is 0 Å². The van der Waals surface area contributed by atoms with Gasteiger partial charge in [-0.15, -0.1) is 0 Å². The second-order valence-electron chi connectivity index (χ2n) is 9.69. The zero-order chi connectivity index (χ0) is 23.9. The number of hydrogen-bond acceptors (Lipinski definition) is 3. The van der Waals surface area contributed by atoms with Crippen LogP contribution >= 0.6 is 0 Å². The van der Waals surface area contributed by atoms with Gasteiger partial charge in [-0.2, -0.15) is 13.2 Å². The Kier molecular flexibility index (Phi) is 6.27. The third-order valence-corrected chi connectivity index (χ3v) is 7.60. The fraction of sp³-hybridized carbons (Fsp3) is 0.500. The number of alkyl halides is 3. The van der Waals surface area contributed by atoms with E-state index in [1.165, 1.54) is 31.0 Å². The minimum absolute atomic E-state index is 0.105. The van der Waals surface area contributed by atoms with Crippen molar-refractivity contribution in [1.29, 1.82) is 0 Å². The molecule has 0 aromatic heterocycles. The summed E-state index contributed by atoms with van der Waals surface area (Å²) < 4.78 is 53.7. The first-order chi connectivity index (χ1) is 16.3. The topological polar surface area (TPSA) is 35.6 Å². The van der Waals surface area contributed by atoms with Crippen LogP contribution in [0.1, 0.15) is 42.4 Å². The van der Waals surface area contributed by atoms with E-state index in [-0.39, 0.29) is 30.7 Å². The number of piperazine rings is 1. The highest BCUT2D eigenvalue weighted by molar-refractivity contribution is 5.82. The van der Waals surface area contributed by atoms with Crippen LogP contribution in [-0.4, -0.2) is 42.5 Å². The van der Waals surface area contributed by atoms with Crippen LogP contribution in [-0.2, 0) is 23.9 Å². The maximum atomic E-state index is 13.5. The van der Waals surface area contributed by atoms with E-state index in [1.54, 1.807) is 18.2 Å². The molecule has 1 saturated heterocycles. The van der Waals surface area contributed by atoms with Crippen LogP contribution in [0.3, 0.4) is 0 Å². The molecule has 1 saturated carbocycles. The molecule has 1 aliphatic carbocycles. The van der Waals surface area contributed by atoms with Crippen LogP contribution < -0.4 is 10.2 Å². The molecule has 8 heteroatoms. The smallest absolute Gasteiger partial charge is 0.365 e. The summed E-state index contributed by atoms with van der Waals surface area (Å²) in [5.74, 6) is -1.05. The van der Waals surface area contributed by atoms with Gasteiger partial charge in [0.15, 0.2) is 0 Å². The third kappa shape index (κ3) is 4.65. The summed E-state index contributed by atoms with van der Waals surface area (Å²) >= 11 is 0. The predicted octanol–water partition coefficient (Wildman–Crippen LogP) is 4.77. The summed E-state index contributed by atoms with van der Waals surface area (Å²) in [5, 5.41) is 2.92. The van der Waals surface area contributed by atoms with E-state index in [4.69, 9.17) is 0 Å². The highest BCUT2D eigenvalue weighted by atomic mass is 19.4. The highest BCUT2D eigenvalue weighted by Crippen LogP contribution is 2.40. The molecule has 2 heterocycles. The molecule has 2 atom stereocenters. The molecular formula is C26H29F4N3O. The Morgan fingerprint density at radius 1 is 1.06 bits per heavy atom. The van der Waals surface area contributed by atoms with Crippen molar-refractivity contribution in [2.24, 2.45) is 5.92 Å². The average molecular weight is 476 g/mol. The summed E-state index contributed by atoms with van der Waals surface area (Å²) in [6, 6.07) is 10.4. The lowest BCUT2D eigenvalue weighted by molar-refractivity contribution is -0.137. The van der Waals surface area contributed by atoms with Crippen LogP contribution in [0, 0.1) is 11.7 Å². The Labute approximate surface area is 196 Å². The molecule has 0 unspecified atom stereocenters. The van der Waals surface area contributed by atoms with Gasteiger partial charge in [-0.3, -0.25) is 9.69 Å². The Morgan fingerprint density at radius 3 is 2.59 bits per heavy atom. The first-order valence-electron chi connectivity index (χ1n) is 12.0. The Bertz CT molecular complexity index is 1050. The van der Waals surface area contributed by atoms with E-state index in [0.29, 0.717) is 23.7 Å². The lowest BCUT2D eigenvalue weighted by atomic mass is 9.82. The van der Waals surface area contributed by atoms with Crippen LogP contribution in [0.15, 0.2) is 42.5 Å². The number of anilines is 1. The van der Waals surface area contributed by atoms with Gasteiger partial charge in [-0.1, -0.05) is 25.0 Å². The van der Waals surface area contributed by atoms with Gasteiger partial charge in [-0.25, -0.2) is 4.39 Å². The Balaban J connectivity index is 1.41. The standard InChI is InChI=1S/C26H29F4N3O/c27-20-5-3-4-17(12-20)15-31-25(34)22-14-18-13-19(26(28,29)30)8-9-23(18)33-11-10-32(16-24(22)33)21-6-1-2-7-21/h3-5,8-9,12-13,21-22,24H,1-2,6-7,10-11,14-16H2,(H,31,34)/t22-,24-/m0/s1. The molecule has 2 fully saturated rings. The molecule has 2 aromatic carbocycles. The minimum atomic E-state index is -4.43. The predicted molar refractivity (Wildman–Crippen MR) is 122 cm³/mol. The van der Waals surface area contributed by atoms with Gasteiger partial charge in [0.25, 0.3) is 0 Å². The van der Waals surface area contributed by atoms with Gasteiger partial charge in [0.1, 0.15) is 5.82 Å².